The fourth-order valence-electron chi connectivity index (χ4n) is 3.14. The molecular formula is C21H21N3O3S. The van der Waals surface area contributed by atoms with Gasteiger partial charge in [-0.2, -0.15) is 5.26 Å². The lowest BCUT2D eigenvalue weighted by atomic mass is 9.98. The zero-order chi connectivity index (χ0) is 20.0. The van der Waals surface area contributed by atoms with Crippen molar-refractivity contribution in [3.63, 3.8) is 0 Å². The Morgan fingerprint density at radius 3 is 2.11 bits per heavy atom. The summed E-state index contributed by atoms with van der Waals surface area (Å²) in [5.74, 6) is -0.384. The molecule has 1 atom stereocenters. The Bertz CT molecular complexity index is 957. The van der Waals surface area contributed by atoms with E-state index in [9.17, 15) is 18.5 Å². The number of nitrogens with one attached hydrogen (secondary N) is 2. The second-order valence-electron chi connectivity index (χ2n) is 6.66. The molecule has 0 saturated carbocycles. The first kappa shape index (κ1) is 19.6. The largest absolute Gasteiger partial charge is 0.386 e. The van der Waals surface area contributed by atoms with Crippen molar-refractivity contribution in [2.75, 3.05) is 11.5 Å². The molecule has 1 fully saturated rings. The van der Waals surface area contributed by atoms with Gasteiger partial charge in [0.2, 0.25) is 0 Å². The molecule has 2 aromatic carbocycles. The van der Waals surface area contributed by atoms with E-state index in [0.717, 1.165) is 11.1 Å². The summed E-state index contributed by atoms with van der Waals surface area (Å²) in [6, 6.07) is 20.2. The third kappa shape index (κ3) is 4.99. The van der Waals surface area contributed by atoms with Crippen molar-refractivity contribution in [3.05, 3.63) is 83.6 Å². The van der Waals surface area contributed by atoms with Gasteiger partial charge in [-0.3, -0.25) is 4.79 Å². The van der Waals surface area contributed by atoms with Gasteiger partial charge in [0.25, 0.3) is 5.91 Å². The highest BCUT2D eigenvalue weighted by molar-refractivity contribution is 7.91. The maximum atomic E-state index is 12.7. The molecule has 0 spiro atoms. The molecule has 2 N–H and O–H groups in total. The average Bonchev–Trinajstić information content (AvgIpc) is 3.06. The number of hydrogen-bond donors (Lipinski definition) is 2. The molecule has 2 aromatic rings. The number of rotatable bonds is 6. The quantitative estimate of drug-likeness (QED) is 0.576. The van der Waals surface area contributed by atoms with Crippen LogP contribution in [0.3, 0.4) is 0 Å². The summed E-state index contributed by atoms with van der Waals surface area (Å²) < 4.78 is 23.1. The molecular weight excluding hydrogens is 374 g/mol. The van der Waals surface area contributed by atoms with Crippen LogP contribution in [0.5, 0.6) is 0 Å². The van der Waals surface area contributed by atoms with Crippen LogP contribution in [0.2, 0.25) is 0 Å². The minimum absolute atomic E-state index is 0.0144. The van der Waals surface area contributed by atoms with Crippen LogP contribution < -0.4 is 10.6 Å². The van der Waals surface area contributed by atoms with Gasteiger partial charge >= 0.3 is 0 Å². The summed E-state index contributed by atoms with van der Waals surface area (Å²) in [5.41, 5.74) is 1.70. The van der Waals surface area contributed by atoms with Crippen molar-refractivity contribution >= 4 is 15.7 Å². The van der Waals surface area contributed by atoms with Crippen LogP contribution >= 0.6 is 0 Å². The number of hydrogen-bond acceptors (Lipinski definition) is 5. The van der Waals surface area contributed by atoms with E-state index in [1.54, 1.807) is 0 Å². The number of sulfone groups is 1. The summed E-state index contributed by atoms with van der Waals surface area (Å²) in [5, 5.41) is 15.2. The predicted octanol–water partition coefficient (Wildman–Crippen LogP) is 2.08. The van der Waals surface area contributed by atoms with E-state index in [0.29, 0.717) is 6.42 Å². The molecule has 7 heteroatoms. The summed E-state index contributed by atoms with van der Waals surface area (Å²) >= 11 is 0. The van der Waals surface area contributed by atoms with E-state index in [2.05, 4.69) is 10.6 Å². The van der Waals surface area contributed by atoms with E-state index in [4.69, 9.17) is 0 Å². The summed E-state index contributed by atoms with van der Waals surface area (Å²) in [6.45, 7) is 0. The maximum Gasteiger partial charge on any atom is 0.264 e. The number of nitriles is 1. The number of carbonyl (C=O) groups excluding carboxylic acids is 1. The van der Waals surface area contributed by atoms with Gasteiger partial charge in [-0.05, 0) is 17.5 Å². The molecule has 1 aliphatic heterocycles. The highest BCUT2D eigenvalue weighted by atomic mass is 32.2. The Morgan fingerprint density at radius 2 is 1.64 bits per heavy atom. The molecule has 6 nitrogen and oxygen atoms in total. The molecule has 144 valence electrons. The van der Waals surface area contributed by atoms with Crippen LogP contribution in [0.25, 0.3) is 0 Å². The van der Waals surface area contributed by atoms with Crippen molar-refractivity contribution in [2.45, 2.75) is 18.5 Å². The fraction of sp³-hybridized carbons (Fsp3) is 0.238. The monoisotopic (exact) mass is 395 g/mol. The molecule has 0 radical (unpaired) electrons. The van der Waals surface area contributed by atoms with Gasteiger partial charge < -0.3 is 10.6 Å². The highest BCUT2D eigenvalue weighted by Gasteiger charge is 2.27. The van der Waals surface area contributed by atoms with Crippen LogP contribution in [-0.2, 0) is 14.6 Å². The lowest BCUT2D eigenvalue weighted by molar-refractivity contribution is -0.117. The molecule has 1 unspecified atom stereocenters. The van der Waals surface area contributed by atoms with Crippen molar-refractivity contribution in [3.8, 4) is 6.07 Å². The van der Waals surface area contributed by atoms with Crippen LogP contribution in [0.15, 0.2) is 72.4 Å². The van der Waals surface area contributed by atoms with Gasteiger partial charge in [-0.1, -0.05) is 60.7 Å². The fourth-order valence-corrected chi connectivity index (χ4v) is 4.82. The Morgan fingerprint density at radius 1 is 1.07 bits per heavy atom. The van der Waals surface area contributed by atoms with Gasteiger partial charge in [0.05, 0.1) is 17.5 Å². The zero-order valence-corrected chi connectivity index (χ0v) is 16.0. The van der Waals surface area contributed by atoms with Gasteiger partial charge in [0.1, 0.15) is 11.6 Å². The normalized spacial score (nSPS) is 18.4. The van der Waals surface area contributed by atoms with Crippen molar-refractivity contribution in [1.29, 1.82) is 5.26 Å². The van der Waals surface area contributed by atoms with Gasteiger partial charge in [0, 0.05) is 12.2 Å². The van der Waals surface area contributed by atoms with E-state index in [1.165, 1.54) is 6.20 Å². The van der Waals surface area contributed by atoms with E-state index in [1.807, 2.05) is 66.7 Å². The third-order valence-corrected chi connectivity index (χ3v) is 6.37. The lowest BCUT2D eigenvalue weighted by Crippen LogP contribution is -2.32. The van der Waals surface area contributed by atoms with Crippen LogP contribution in [0.1, 0.15) is 23.6 Å². The first-order valence-electron chi connectivity index (χ1n) is 8.96. The Labute approximate surface area is 164 Å². The molecule has 3 rings (SSSR count). The van der Waals surface area contributed by atoms with Crippen LogP contribution in [0, 0.1) is 11.3 Å². The molecule has 1 heterocycles. The first-order valence-corrected chi connectivity index (χ1v) is 10.8. The van der Waals surface area contributed by atoms with Crippen molar-refractivity contribution in [1.82, 2.24) is 10.6 Å². The Kier molecular flexibility index (Phi) is 6.12. The number of nitrogens with zero attached hydrogens (tertiary/aromatic N) is 1. The molecule has 1 saturated heterocycles. The number of amides is 1. The summed E-state index contributed by atoms with van der Waals surface area (Å²) in [6.07, 6.45) is 1.78. The second kappa shape index (κ2) is 8.72. The Hall–Kier alpha value is -3.11. The molecule has 1 aliphatic rings. The maximum absolute atomic E-state index is 12.7. The van der Waals surface area contributed by atoms with Gasteiger partial charge in [-0.15, -0.1) is 0 Å². The number of carbonyl (C=O) groups is 1. The van der Waals surface area contributed by atoms with Crippen molar-refractivity contribution < 1.29 is 13.2 Å². The van der Waals surface area contributed by atoms with E-state index in [-0.39, 0.29) is 23.1 Å². The number of benzene rings is 2. The van der Waals surface area contributed by atoms with Crippen molar-refractivity contribution in [2.24, 2.45) is 0 Å². The van der Waals surface area contributed by atoms with Gasteiger partial charge in [0.15, 0.2) is 9.84 Å². The van der Waals surface area contributed by atoms with Crippen LogP contribution in [-0.4, -0.2) is 31.9 Å². The smallest absolute Gasteiger partial charge is 0.264 e. The SMILES string of the molecule is N#C/C(=C/NC1CCS(=O)(=O)C1)C(=O)NC(c1ccccc1)c1ccccc1. The summed E-state index contributed by atoms with van der Waals surface area (Å²) in [7, 11) is -3.04. The molecule has 1 amide bonds. The predicted molar refractivity (Wildman–Crippen MR) is 107 cm³/mol. The van der Waals surface area contributed by atoms with Gasteiger partial charge in [-0.25, -0.2) is 8.42 Å². The van der Waals surface area contributed by atoms with E-state index >= 15 is 0 Å². The summed E-state index contributed by atoms with van der Waals surface area (Å²) in [4.78, 5) is 12.7. The lowest BCUT2D eigenvalue weighted by Gasteiger charge is -2.20. The standard InChI is InChI=1S/C21H21N3O3S/c22-13-18(14-23-19-11-12-28(26,27)15-19)21(25)24-20(16-7-3-1-4-8-16)17-9-5-2-6-10-17/h1-10,14,19-20,23H,11-12,15H2,(H,24,25)/b18-14-. The average molecular weight is 395 g/mol. The highest BCUT2D eigenvalue weighted by Crippen LogP contribution is 2.22. The minimum Gasteiger partial charge on any atom is -0.386 e. The molecule has 0 aromatic heterocycles. The Balaban J connectivity index is 1.77. The zero-order valence-electron chi connectivity index (χ0n) is 15.2. The van der Waals surface area contributed by atoms with Crippen LogP contribution in [0.4, 0.5) is 0 Å². The molecule has 0 bridgehead atoms. The second-order valence-corrected chi connectivity index (χ2v) is 8.89. The minimum atomic E-state index is -3.04. The topological polar surface area (TPSA) is 99.1 Å². The molecule has 0 aliphatic carbocycles. The van der Waals surface area contributed by atoms with E-state index < -0.39 is 21.8 Å². The molecule has 28 heavy (non-hydrogen) atoms. The first-order chi connectivity index (χ1) is 13.5. The third-order valence-electron chi connectivity index (χ3n) is 4.60.